The van der Waals surface area contributed by atoms with Gasteiger partial charge in [-0.25, -0.2) is 9.37 Å². The number of anilines is 1. The first-order chi connectivity index (χ1) is 12.2. The van der Waals surface area contributed by atoms with Gasteiger partial charge in [-0.3, -0.25) is 4.79 Å². The van der Waals surface area contributed by atoms with E-state index in [1.54, 1.807) is 24.3 Å². The highest BCUT2D eigenvalue weighted by molar-refractivity contribution is 7.22. The second-order valence-corrected chi connectivity index (χ2v) is 5.97. The lowest BCUT2D eigenvalue weighted by atomic mass is 10.3. The highest BCUT2D eigenvalue weighted by Crippen LogP contribution is 2.30. The lowest BCUT2D eigenvalue weighted by Crippen LogP contribution is -2.25. The predicted molar refractivity (Wildman–Crippen MR) is 91.4 cm³/mol. The summed E-state index contributed by atoms with van der Waals surface area (Å²) in [6.45, 7) is 0. The molecule has 3 aromatic heterocycles. The van der Waals surface area contributed by atoms with Crippen LogP contribution in [0.2, 0.25) is 0 Å². The highest BCUT2D eigenvalue weighted by Gasteiger charge is 2.23. The summed E-state index contributed by atoms with van der Waals surface area (Å²) >= 11 is 1.15. The average molecular weight is 355 g/mol. The number of aromatic nitrogens is 1. The number of rotatable bonds is 4. The Morgan fingerprint density at radius 3 is 2.80 bits per heavy atom. The van der Waals surface area contributed by atoms with Crippen molar-refractivity contribution in [2.75, 3.05) is 5.01 Å². The number of nitrogens with zero attached hydrogens (tertiary/aromatic N) is 3. The quantitative estimate of drug-likeness (QED) is 0.404. The molecule has 0 bridgehead atoms. The van der Waals surface area contributed by atoms with Crippen molar-refractivity contribution in [2.45, 2.75) is 0 Å². The van der Waals surface area contributed by atoms with Crippen LogP contribution in [0, 0.1) is 5.82 Å². The molecule has 8 heteroatoms. The second-order valence-electron chi connectivity index (χ2n) is 4.96. The smallest absolute Gasteiger partial charge is 0.316 e. The maximum absolute atomic E-state index is 13.4. The number of hydrogen-bond donors (Lipinski definition) is 0. The normalized spacial score (nSPS) is 11.4. The maximum atomic E-state index is 13.4. The Labute approximate surface area is 144 Å². The zero-order chi connectivity index (χ0) is 17.2. The zero-order valence-corrected chi connectivity index (χ0v) is 13.4. The first-order valence-corrected chi connectivity index (χ1v) is 8.04. The number of amides is 1. The molecule has 0 fully saturated rings. The maximum Gasteiger partial charge on any atom is 0.316 e. The topological polar surface area (TPSA) is 71.8 Å². The molecule has 0 aliphatic heterocycles. The van der Waals surface area contributed by atoms with Crippen LogP contribution in [0.15, 0.2) is 68.9 Å². The molecule has 1 amide bonds. The van der Waals surface area contributed by atoms with Crippen molar-refractivity contribution in [3.05, 3.63) is 72.3 Å². The summed E-state index contributed by atoms with van der Waals surface area (Å²) < 4.78 is 24.4. The van der Waals surface area contributed by atoms with E-state index in [1.165, 1.54) is 36.9 Å². The number of carbonyl (C=O) groups excluding carboxylic acids is 1. The minimum Gasteiger partial charge on any atom is -0.463 e. The van der Waals surface area contributed by atoms with Crippen LogP contribution < -0.4 is 5.01 Å². The van der Waals surface area contributed by atoms with Crippen molar-refractivity contribution < 1.29 is 18.0 Å². The first kappa shape index (κ1) is 15.3. The van der Waals surface area contributed by atoms with Crippen LogP contribution in [0.25, 0.3) is 10.2 Å². The monoisotopic (exact) mass is 355 g/mol. The zero-order valence-electron chi connectivity index (χ0n) is 12.6. The molecule has 0 aliphatic rings. The van der Waals surface area contributed by atoms with E-state index < -0.39 is 5.91 Å². The summed E-state index contributed by atoms with van der Waals surface area (Å²) in [7, 11) is 0. The molecule has 0 unspecified atom stereocenters. The number of carbonyl (C=O) groups is 1. The summed E-state index contributed by atoms with van der Waals surface area (Å²) in [5.41, 5.74) is 0.576. The number of furan rings is 2. The summed E-state index contributed by atoms with van der Waals surface area (Å²) in [5.74, 6) is -0.274. The van der Waals surface area contributed by atoms with E-state index in [4.69, 9.17) is 8.83 Å². The third kappa shape index (κ3) is 3.07. The van der Waals surface area contributed by atoms with E-state index >= 15 is 0 Å². The van der Waals surface area contributed by atoms with Crippen molar-refractivity contribution >= 4 is 38.8 Å². The standard InChI is InChI=1S/C17H10FN3O3S/c18-11-5-6-13-15(9-11)25-17(20-13)21(16(22)14-4-2-8-24-14)19-10-12-3-1-7-23-12/h1-10H/b19-10-. The SMILES string of the molecule is O=C(c1ccco1)N(/N=C\c1ccco1)c1nc2ccc(F)cc2s1. The van der Waals surface area contributed by atoms with Crippen LogP contribution in [-0.4, -0.2) is 17.1 Å². The van der Waals surface area contributed by atoms with Crippen molar-refractivity contribution in [2.24, 2.45) is 5.10 Å². The van der Waals surface area contributed by atoms with Gasteiger partial charge in [-0.1, -0.05) is 11.3 Å². The van der Waals surface area contributed by atoms with Crippen LogP contribution in [0.5, 0.6) is 0 Å². The van der Waals surface area contributed by atoms with Crippen LogP contribution in [0.1, 0.15) is 16.3 Å². The van der Waals surface area contributed by atoms with Gasteiger partial charge in [-0.15, -0.1) is 0 Å². The van der Waals surface area contributed by atoms with Crippen LogP contribution in [0.4, 0.5) is 9.52 Å². The summed E-state index contributed by atoms with van der Waals surface area (Å²) in [4.78, 5) is 17.0. The van der Waals surface area contributed by atoms with E-state index in [0.29, 0.717) is 21.1 Å². The van der Waals surface area contributed by atoms with Crippen molar-refractivity contribution in [1.82, 2.24) is 4.98 Å². The van der Waals surface area contributed by atoms with Gasteiger partial charge in [0.05, 0.1) is 29.0 Å². The second kappa shape index (κ2) is 6.33. The van der Waals surface area contributed by atoms with Gasteiger partial charge in [0, 0.05) is 0 Å². The Balaban J connectivity index is 1.76. The van der Waals surface area contributed by atoms with E-state index in [2.05, 4.69) is 10.1 Å². The third-order valence-electron chi connectivity index (χ3n) is 3.29. The Morgan fingerprint density at radius 2 is 2.04 bits per heavy atom. The lowest BCUT2D eigenvalue weighted by Gasteiger charge is -2.11. The van der Waals surface area contributed by atoms with Gasteiger partial charge in [-0.05, 0) is 42.5 Å². The Morgan fingerprint density at radius 1 is 1.20 bits per heavy atom. The van der Waals surface area contributed by atoms with Crippen LogP contribution in [-0.2, 0) is 0 Å². The fourth-order valence-electron chi connectivity index (χ4n) is 2.15. The largest absolute Gasteiger partial charge is 0.463 e. The molecule has 0 spiro atoms. The Hall–Kier alpha value is -3.26. The van der Waals surface area contributed by atoms with Crippen molar-refractivity contribution in [3.8, 4) is 0 Å². The molecule has 3 heterocycles. The van der Waals surface area contributed by atoms with Gasteiger partial charge in [0.25, 0.3) is 0 Å². The first-order valence-electron chi connectivity index (χ1n) is 7.22. The lowest BCUT2D eigenvalue weighted by molar-refractivity contribution is 0.0961. The highest BCUT2D eigenvalue weighted by atomic mass is 32.1. The summed E-state index contributed by atoms with van der Waals surface area (Å²) in [5, 5.41) is 5.57. The predicted octanol–water partition coefficient (Wildman–Crippen LogP) is 4.30. The number of hydrazone groups is 1. The van der Waals surface area contributed by atoms with Crippen LogP contribution in [0.3, 0.4) is 0 Å². The minimum absolute atomic E-state index is 0.113. The molecular formula is C17H10FN3O3S. The third-order valence-corrected chi connectivity index (χ3v) is 4.28. The number of halogens is 1. The van der Waals surface area contributed by atoms with E-state index in [0.717, 1.165) is 16.3 Å². The number of thiazole rings is 1. The number of hydrogen-bond acceptors (Lipinski definition) is 6. The van der Waals surface area contributed by atoms with E-state index in [1.807, 2.05) is 0 Å². The fourth-order valence-corrected chi connectivity index (χ4v) is 3.10. The molecule has 0 N–H and O–H groups in total. The van der Waals surface area contributed by atoms with Crippen LogP contribution >= 0.6 is 11.3 Å². The molecule has 0 radical (unpaired) electrons. The molecule has 6 nitrogen and oxygen atoms in total. The molecule has 1 aromatic carbocycles. The summed E-state index contributed by atoms with van der Waals surface area (Å²) in [6, 6.07) is 10.8. The van der Waals surface area contributed by atoms with Gasteiger partial charge < -0.3 is 8.83 Å². The summed E-state index contributed by atoms with van der Waals surface area (Å²) in [6.07, 6.45) is 4.30. The molecule has 0 saturated carbocycles. The van der Waals surface area contributed by atoms with E-state index in [9.17, 15) is 9.18 Å². The van der Waals surface area contributed by atoms with E-state index in [-0.39, 0.29) is 11.6 Å². The van der Waals surface area contributed by atoms with Crippen molar-refractivity contribution in [1.29, 1.82) is 0 Å². The number of benzene rings is 1. The molecule has 0 saturated heterocycles. The Kier molecular flexibility index (Phi) is 3.87. The van der Waals surface area contributed by atoms with Gasteiger partial charge in [0.15, 0.2) is 5.76 Å². The molecule has 4 aromatic rings. The van der Waals surface area contributed by atoms with Gasteiger partial charge in [0.1, 0.15) is 11.6 Å². The molecule has 0 aliphatic carbocycles. The number of fused-ring (bicyclic) bond motifs is 1. The van der Waals surface area contributed by atoms with Gasteiger partial charge in [-0.2, -0.15) is 10.1 Å². The minimum atomic E-state index is -0.493. The van der Waals surface area contributed by atoms with Crippen molar-refractivity contribution in [3.63, 3.8) is 0 Å². The molecule has 124 valence electrons. The Bertz CT molecular complexity index is 1040. The average Bonchev–Trinajstić information content (AvgIpc) is 3.36. The molecule has 25 heavy (non-hydrogen) atoms. The van der Waals surface area contributed by atoms with Gasteiger partial charge in [0.2, 0.25) is 5.13 Å². The molecular weight excluding hydrogens is 345 g/mol. The van der Waals surface area contributed by atoms with Gasteiger partial charge >= 0.3 is 5.91 Å². The molecule has 0 atom stereocenters. The molecule has 4 rings (SSSR count). The fraction of sp³-hybridized carbons (Fsp3) is 0.